The third-order valence-electron chi connectivity index (χ3n) is 2.99. The highest BCUT2D eigenvalue weighted by Gasteiger charge is 2.39. The van der Waals surface area contributed by atoms with Gasteiger partial charge in [-0.3, -0.25) is 4.79 Å². The van der Waals surface area contributed by atoms with Crippen LogP contribution in [0.2, 0.25) is 0 Å². The van der Waals surface area contributed by atoms with Gasteiger partial charge in [-0.25, -0.2) is 0 Å². The van der Waals surface area contributed by atoms with Gasteiger partial charge in [-0.05, 0) is 24.3 Å². The Morgan fingerprint density at radius 3 is 1.88 bits per heavy atom. The van der Waals surface area contributed by atoms with E-state index in [2.05, 4.69) is 0 Å². The van der Waals surface area contributed by atoms with Crippen LogP contribution in [-0.2, 0) is 12.4 Å². The zero-order valence-electron chi connectivity index (χ0n) is 12.8. The van der Waals surface area contributed by atoms with Crippen molar-refractivity contribution in [3.63, 3.8) is 0 Å². The molecule has 0 spiro atoms. The number of phenols is 1. The SMILES string of the molecule is N=Cc1cc(C(F)(F)F)cc(C(F)(F)F)c1O.NC(=O)c1ccccc1. The molecule has 4 N–H and O–H groups in total. The van der Waals surface area contributed by atoms with Crippen LogP contribution in [0.5, 0.6) is 5.75 Å². The lowest BCUT2D eigenvalue weighted by molar-refractivity contribution is -0.143. The minimum absolute atomic E-state index is 0.192. The first-order valence-corrected chi connectivity index (χ1v) is 6.74. The van der Waals surface area contributed by atoms with Gasteiger partial charge in [-0.2, -0.15) is 26.3 Å². The standard InChI is InChI=1S/C9H5F6NO.C7H7NO/c10-8(11,12)5-1-4(3-16)7(17)6(2-5)9(13,14)15;8-7(9)6-4-2-1-3-5-6/h1-3,16-17H;1-5H,(H2,8,9). The summed E-state index contributed by atoms with van der Waals surface area (Å²) < 4.78 is 73.8. The Bertz CT molecular complexity index is 786. The summed E-state index contributed by atoms with van der Waals surface area (Å²) >= 11 is 0. The topological polar surface area (TPSA) is 87.2 Å². The Morgan fingerprint density at radius 2 is 1.54 bits per heavy atom. The molecule has 0 radical (unpaired) electrons. The Kier molecular flexibility index (Phi) is 6.38. The minimum atomic E-state index is -5.12. The first-order chi connectivity index (χ1) is 11.9. The van der Waals surface area contributed by atoms with Crippen molar-refractivity contribution in [1.29, 1.82) is 5.41 Å². The zero-order chi connectivity index (χ0) is 20.1. The molecule has 0 heterocycles. The van der Waals surface area contributed by atoms with E-state index in [9.17, 15) is 31.1 Å². The number of rotatable bonds is 2. The summed E-state index contributed by atoms with van der Waals surface area (Å²) in [7, 11) is 0. The van der Waals surface area contributed by atoms with Crippen molar-refractivity contribution in [2.45, 2.75) is 12.4 Å². The minimum Gasteiger partial charge on any atom is -0.507 e. The molecular weight excluding hydrogens is 366 g/mol. The third-order valence-corrected chi connectivity index (χ3v) is 2.99. The summed E-state index contributed by atoms with van der Waals surface area (Å²) in [6, 6.07) is 8.84. The van der Waals surface area contributed by atoms with Gasteiger partial charge in [0.05, 0.1) is 11.1 Å². The lowest BCUT2D eigenvalue weighted by Crippen LogP contribution is -2.12. The second kappa shape index (κ2) is 7.89. The van der Waals surface area contributed by atoms with Gasteiger partial charge in [0.25, 0.3) is 0 Å². The van der Waals surface area contributed by atoms with Gasteiger partial charge >= 0.3 is 12.4 Å². The number of carbonyl (C=O) groups excluding carboxylic acids is 1. The average Bonchev–Trinajstić information content (AvgIpc) is 2.54. The number of nitrogens with two attached hydrogens (primary N) is 1. The van der Waals surface area contributed by atoms with Gasteiger partial charge in [0.15, 0.2) is 0 Å². The molecule has 2 aromatic carbocycles. The summed E-state index contributed by atoms with van der Waals surface area (Å²) in [5.74, 6) is -1.77. The van der Waals surface area contributed by atoms with E-state index in [1.165, 1.54) is 0 Å². The number of phenolic OH excluding ortho intramolecular Hbond substituents is 1. The fourth-order valence-corrected chi connectivity index (χ4v) is 1.75. The van der Waals surface area contributed by atoms with E-state index in [4.69, 9.17) is 16.2 Å². The molecule has 0 saturated carbocycles. The van der Waals surface area contributed by atoms with Crippen molar-refractivity contribution in [3.05, 3.63) is 64.7 Å². The van der Waals surface area contributed by atoms with Gasteiger partial charge in [0.2, 0.25) is 5.91 Å². The summed E-state index contributed by atoms with van der Waals surface area (Å²) in [6.45, 7) is 0. The fourth-order valence-electron chi connectivity index (χ4n) is 1.75. The number of amides is 1. The number of aromatic hydroxyl groups is 1. The molecule has 26 heavy (non-hydrogen) atoms. The van der Waals surface area contributed by atoms with Gasteiger partial charge in [0.1, 0.15) is 5.75 Å². The first-order valence-electron chi connectivity index (χ1n) is 6.74. The third kappa shape index (κ3) is 5.50. The predicted molar refractivity (Wildman–Crippen MR) is 81.0 cm³/mol. The van der Waals surface area contributed by atoms with E-state index in [0.717, 1.165) is 0 Å². The molecule has 2 aromatic rings. The molecule has 0 aliphatic heterocycles. The summed E-state index contributed by atoms with van der Waals surface area (Å²) in [5, 5.41) is 15.7. The molecule has 0 bridgehead atoms. The molecule has 140 valence electrons. The van der Waals surface area contributed by atoms with Crippen LogP contribution in [0, 0.1) is 5.41 Å². The molecule has 1 amide bonds. The smallest absolute Gasteiger partial charge is 0.419 e. The number of carbonyl (C=O) groups is 1. The highest BCUT2D eigenvalue weighted by atomic mass is 19.4. The van der Waals surface area contributed by atoms with Crippen molar-refractivity contribution < 1.29 is 36.2 Å². The number of hydrogen-bond donors (Lipinski definition) is 3. The Balaban J connectivity index is 0.000000314. The van der Waals surface area contributed by atoms with Gasteiger partial charge in [-0.15, -0.1) is 0 Å². The summed E-state index contributed by atoms with van der Waals surface area (Å²) in [4.78, 5) is 10.4. The molecule has 0 unspecified atom stereocenters. The molecule has 0 fully saturated rings. The van der Waals surface area contributed by atoms with Crippen LogP contribution in [-0.4, -0.2) is 17.2 Å². The van der Waals surface area contributed by atoms with Crippen LogP contribution in [0.3, 0.4) is 0 Å². The van der Waals surface area contributed by atoms with Gasteiger partial charge < -0.3 is 16.2 Å². The van der Waals surface area contributed by atoms with Crippen molar-refractivity contribution in [2.24, 2.45) is 5.73 Å². The number of nitrogens with one attached hydrogen (secondary N) is 1. The largest absolute Gasteiger partial charge is 0.507 e. The highest BCUT2D eigenvalue weighted by Crippen LogP contribution is 2.41. The molecular formula is C16H12F6N2O2. The van der Waals surface area contributed by atoms with Crippen molar-refractivity contribution >= 4 is 12.1 Å². The Hall–Kier alpha value is -3.04. The Labute approximate surface area is 143 Å². The zero-order valence-corrected chi connectivity index (χ0v) is 12.8. The molecule has 0 aromatic heterocycles. The van der Waals surface area contributed by atoms with Crippen molar-refractivity contribution in [2.75, 3.05) is 0 Å². The molecule has 4 nitrogen and oxygen atoms in total. The van der Waals surface area contributed by atoms with Crippen LogP contribution in [0.25, 0.3) is 0 Å². The number of primary amides is 1. The lowest BCUT2D eigenvalue weighted by atomic mass is 10.0. The van der Waals surface area contributed by atoms with Crippen molar-refractivity contribution in [3.8, 4) is 5.75 Å². The number of alkyl halides is 6. The van der Waals surface area contributed by atoms with E-state index in [1.807, 2.05) is 6.07 Å². The molecule has 10 heteroatoms. The van der Waals surface area contributed by atoms with Crippen LogP contribution in [0.1, 0.15) is 27.0 Å². The maximum atomic E-state index is 12.3. The van der Waals surface area contributed by atoms with E-state index in [1.54, 1.807) is 24.3 Å². The maximum Gasteiger partial charge on any atom is 0.419 e. The maximum absolute atomic E-state index is 12.3. The number of hydrogen-bond acceptors (Lipinski definition) is 3. The second-order valence-corrected chi connectivity index (χ2v) is 4.83. The quantitative estimate of drug-likeness (QED) is 0.540. The monoisotopic (exact) mass is 378 g/mol. The van der Waals surface area contributed by atoms with Crippen LogP contribution >= 0.6 is 0 Å². The first kappa shape index (κ1) is 21.0. The molecule has 0 atom stereocenters. The van der Waals surface area contributed by atoms with E-state index < -0.39 is 34.8 Å². The summed E-state index contributed by atoms with van der Waals surface area (Å²) in [6.07, 6.45) is -9.88. The number of halogens is 6. The van der Waals surface area contributed by atoms with Gasteiger partial charge in [-0.1, -0.05) is 18.2 Å². The Morgan fingerprint density at radius 1 is 1.00 bits per heavy atom. The molecule has 2 rings (SSSR count). The van der Waals surface area contributed by atoms with E-state index in [-0.39, 0.29) is 24.3 Å². The van der Waals surface area contributed by atoms with Crippen LogP contribution in [0.4, 0.5) is 26.3 Å². The summed E-state index contributed by atoms with van der Waals surface area (Å²) in [5.41, 5.74) is 1.31. The fraction of sp³-hybridized carbons (Fsp3) is 0.125. The normalized spacial score (nSPS) is 11.3. The lowest BCUT2D eigenvalue weighted by Gasteiger charge is -2.14. The second-order valence-electron chi connectivity index (χ2n) is 4.83. The predicted octanol–water partition coefficient (Wildman–Crippen LogP) is 4.21. The van der Waals surface area contributed by atoms with Gasteiger partial charge in [0, 0.05) is 17.3 Å². The number of benzene rings is 2. The molecule has 0 saturated heterocycles. The molecule has 0 aliphatic rings. The van der Waals surface area contributed by atoms with E-state index in [0.29, 0.717) is 5.56 Å². The van der Waals surface area contributed by atoms with Crippen LogP contribution < -0.4 is 5.73 Å². The van der Waals surface area contributed by atoms with Crippen molar-refractivity contribution in [1.82, 2.24) is 0 Å². The molecule has 0 aliphatic carbocycles. The van der Waals surface area contributed by atoms with Crippen LogP contribution in [0.15, 0.2) is 42.5 Å². The average molecular weight is 378 g/mol. The van der Waals surface area contributed by atoms with E-state index >= 15 is 0 Å². The highest BCUT2D eigenvalue weighted by molar-refractivity contribution is 5.92.